The van der Waals surface area contributed by atoms with Crippen LogP contribution in [0.4, 0.5) is 0 Å². The van der Waals surface area contributed by atoms with Gasteiger partial charge >= 0.3 is 0 Å². The molecule has 0 radical (unpaired) electrons. The maximum atomic E-state index is 12.8. The molecule has 0 saturated carbocycles. The number of piperidine rings is 1. The predicted molar refractivity (Wildman–Crippen MR) is 109 cm³/mol. The Balaban J connectivity index is 1.50. The Morgan fingerprint density at radius 1 is 1.11 bits per heavy atom. The fraction of sp³-hybridized carbons (Fsp3) is 0.350. The first-order chi connectivity index (χ1) is 13.0. The second-order valence-corrected chi connectivity index (χ2v) is 7.95. The first-order valence-corrected chi connectivity index (χ1v) is 9.88. The number of aromatic nitrogens is 3. The molecule has 0 N–H and O–H groups in total. The number of hydrogen-bond acceptors (Lipinski definition) is 4. The summed E-state index contributed by atoms with van der Waals surface area (Å²) in [5.41, 5.74) is 3.33. The minimum atomic E-state index is 0.111. The van der Waals surface area contributed by atoms with Crippen LogP contribution in [0.5, 0.6) is 0 Å². The van der Waals surface area contributed by atoms with Gasteiger partial charge in [0, 0.05) is 30.3 Å². The molecule has 140 valence electrons. The molecule has 0 atom stereocenters. The van der Waals surface area contributed by atoms with Crippen LogP contribution >= 0.6 is 15.9 Å². The average molecular weight is 428 g/mol. The van der Waals surface area contributed by atoms with Gasteiger partial charge in [0.1, 0.15) is 4.60 Å². The maximum Gasteiger partial charge on any atom is 0.253 e. The zero-order chi connectivity index (χ0) is 19.0. The Morgan fingerprint density at radius 2 is 1.81 bits per heavy atom. The quantitative estimate of drug-likeness (QED) is 0.643. The zero-order valence-electron chi connectivity index (χ0n) is 15.5. The largest absolute Gasteiger partial charge is 0.339 e. The van der Waals surface area contributed by atoms with Crippen molar-refractivity contribution >= 4 is 27.5 Å². The van der Waals surface area contributed by atoms with E-state index in [1.165, 1.54) is 0 Å². The summed E-state index contributed by atoms with van der Waals surface area (Å²) in [5, 5.41) is 4.60. The number of fused-ring (bicyclic) bond motifs is 1. The summed E-state index contributed by atoms with van der Waals surface area (Å²) in [6.07, 6.45) is 3.79. The Morgan fingerprint density at radius 3 is 2.48 bits per heavy atom. The van der Waals surface area contributed by atoms with Crippen LogP contribution in [0.25, 0.3) is 16.9 Å². The molecule has 3 heterocycles. The van der Waals surface area contributed by atoms with Gasteiger partial charge < -0.3 is 9.80 Å². The van der Waals surface area contributed by atoms with Gasteiger partial charge in [-0.1, -0.05) is 12.1 Å². The smallest absolute Gasteiger partial charge is 0.253 e. The molecule has 2 aromatic heterocycles. The van der Waals surface area contributed by atoms with Crippen molar-refractivity contribution in [3.05, 3.63) is 52.8 Å². The molecule has 0 bridgehead atoms. The van der Waals surface area contributed by atoms with Gasteiger partial charge in [-0.25, -0.2) is 9.50 Å². The summed E-state index contributed by atoms with van der Waals surface area (Å²) in [6.45, 7) is 1.63. The number of rotatable bonds is 3. The predicted octanol–water partition coefficient (Wildman–Crippen LogP) is 3.33. The summed E-state index contributed by atoms with van der Waals surface area (Å²) < 4.78 is 2.57. The number of halogens is 1. The topological polar surface area (TPSA) is 53.7 Å². The summed E-state index contributed by atoms with van der Waals surface area (Å²) in [5.74, 6) is 0.111. The molecule has 1 aliphatic rings. The van der Waals surface area contributed by atoms with Gasteiger partial charge in [-0.15, -0.1) is 0 Å². The van der Waals surface area contributed by atoms with E-state index in [1.807, 2.05) is 41.3 Å². The van der Waals surface area contributed by atoms with Crippen molar-refractivity contribution in [1.29, 1.82) is 0 Å². The molecule has 1 amide bonds. The van der Waals surface area contributed by atoms with Crippen molar-refractivity contribution in [2.45, 2.75) is 18.9 Å². The lowest BCUT2D eigenvalue weighted by atomic mass is 10.0. The molecular formula is C20H22BrN5O. The van der Waals surface area contributed by atoms with Crippen LogP contribution in [0.1, 0.15) is 23.2 Å². The molecule has 1 fully saturated rings. The first kappa shape index (κ1) is 18.1. The third kappa shape index (κ3) is 3.61. The molecule has 3 aromatic rings. The van der Waals surface area contributed by atoms with Crippen LogP contribution in [-0.2, 0) is 0 Å². The van der Waals surface area contributed by atoms with Crippen LogP contribution < -0.4 is 0 Å². The van der Waals surface area contributed by atoms with E-state index < -0.39 is 0 Å². The number of benzene rings is 1. The van der Waals surface area contributed by atoms with Crippen molar-refractivity contribution in [1.82, 2.24) is 24.4 Å². The van der Waals surface area contributed by atoms with E-state index in [1.54, 1.807) is 10.7 Å². The lowest BCUT2D eigenvalue weighted by Gasteiger charge is -2.35. The fourth-order valence-corrected chi connectivity index (χ4v) is 3.91. The minimum Gasteiger partial charge on any atom is -0.339 e. The van der Waals surface area contributed by atoms with Crippen LogP contribution in [0.2, 0.25) is 0 Å². The molecule has 27 heavy (non-hydrogen) atoms. The molecule has 7 heteroatoms. The number of hydrogen-bond donors (Lipinski definition) is 0. The standard InChI is InChI=1S/C20H22BrN5O/c1-24(2)16-9-11-25(12-10-16)20(27)15-5-3-14(4-6-15)17-7-8-19-22-13-18(21)26(19)23-17/h3-8,13,16H,9-12H2,1-2H3. The van der Waals surface area contributed by atoms with Gasteiger partial charge in [0.25, 0.3) is 5.91 Å². The Kier molecular flexibility index (Phi) is 4.97. The van der Waals surface area contributed by atoms with Crippen molar-refractivity contribution in [3.63, 3.8) is 0 Å². The zero-order valence-corrected chi connectivity index (χ0v) is 17.1. The van der Waals surface area contributed by atoms with Gasteiger partial charge in [0.05, 0.1) is 11.9 Å². The monoisotopic (exact) mass is 427 g/mol. The van der Waals surface area contributed by atoms with Gasteiger partial charge in [0.2, 0.25) is 0 Å². The van der Waals surface area contributed by atoms with Crippen molar-refractivity contribution < 1.29 is 4.79 Å². The van der Waals surface area contributed by atoms with E-state index >= 15 is 0 Å². The van der Waals surface area contributed by atoms with Crippen LogP contribution in [0.3, 0.4) is 0 Å². The highest BCUT2D eigenvalue weighted by Crippen LogP contribution is 2.22. The van der Waals surface area contributed by atoms with Crippen LogP contribution in [0.15, 0.2) is 47.2 Å². The number of carbonyl (C=O) groups excluding carboxylic acids is 1. The number of likely N-dealkylation sites (tertiary alicyclic amines) is 1. The Hall–Kier alpha value is -2.25. The Labute approximate surface area is 166 Å². The molecule has 4 rings (SSSR count). The number of amides is 1. The van der Waals surface area contributed by atoms with Crippen molar-refractivity contribution in [2.75, 3.05) is 27.2 Å². The number of carbonyl (C=O) groups is 1. The minimum absolute atomic E-state index is 0.111. The van der Waals surface area contributed by atoms with Crippen molar-refractivity contribution in [3.8, 4) is 11.3 Å². The summed E-state index contributed by atoms with van der Waals surface area (Å²) in [7, 11) is 4.21. The molecule has 0 aliphatic carbocycles. The molecule has 1 aliphatic heterocycles. The van der Waals surface area contributed by atoms with Gasteiger partial charge in [-0.2, -0.15) is 5.10 Å². The second-order valence-electron chi connectivity index (χ2n) is 7.13. The number of imidazole rings is 1. The maximum absolute atomic E-state index is 12.8. The summed E-state index contributed by atoms with van der Waals surface area (Å²) >= 11 is 3.45. The highest BCUT2D eigenvalue weighted by Gasteiger charge is 2.24. The lowest BCUT2D eigenvalue weighted by molar-refractivity contribution is 0.0663. The lowest BCUT2D eigenvalue weighted by Crippen LogP contribution is -2.44. The van der Waals surface area contributed by atoms with E-state index in [0.29, 0.717) is 6.04 Å². The average Bonchev–Trinajstić information content (AvgIpc) is 3.08. The highest BCUT2D eigenvalue weighted by molar-refractivity contribution is 9.10. The molecule has 0 spiro atoms. The normalized spacial score (nSPS) is 15.6. The van der Waals surface area contributed by atoms with E-state index in [2.05, 4.69) is 45.0 Å². The molecule has 0 unspecified atom stereocenters. The van der Waals surface area contributed by atoms with Crippen molar-refractivity contribution in [2.24, 2.45) is 0 Å². The molecule has 6 nitrogen and oxygen atoms in total. The third-order valence-corrected chi connectivity index (χ3v) is 5.77. The first-order valence-electron chi connectivity index (χ1n) is 9.09. The fourth-order valence-electron chi connectivity index (χ4n) is 3.55. The summed E-state index contributed by atoms with van der Waals surface area (Å²) in [4.78, 5) is 21.3. The van der Waals surface area contributed by atoms with E-state index in [4.69, 9.17) is 0 Å². The molecule has 1 aromatic carbocycles. The summed E-state index contributed by atoms with van der Waals surface area (Å²) in [6, 6.07) is 12.1. The van der Waals surface area contributed by atoms with Gasteiger partial charge in [0.15, 0.2) is 5.65 Å². The van der Waals surface area contributed by atoms with Gasteiger partial charge in [-0.05, 0) is 67.1 Å². The molecule has 1 saturated heterocycles. The Bertz CT molecular complexity index is 958. The van der Waals surface area contributed by atoms with E-state index in [-0.39, 0.29) is 5.91 Å². The molecular weight excluding hydrogens is 406 g/mol. The third-order valence-electron chi connectivity index (χ3n) is 5.23. The van der Waals surface area contributed by atoms with E-state index in [9.17, 15) is 4.79 Å². The van der Waals surface area contributed by atoms with Crippen LogP contribution in [-0.4, -0.2) is 63.5 Å². The second kappa shape index (κ2) is 7.40. The van der Waals surface area contributed by atoms with Crippen LogP contribution in [0, 0.1) is 0 Å². The van der Waals surface area contributed by atoms with E-state index in [0.717, 1.165) is 53.0 Å². The highest BCUT2D eigenvalue weighted by atomic mass is 79.9. The SMILES string of the molecule is CN(C)C1CCN(C(=O)c2ccc(-c3ccc4ncc(Br)n4n3)cc2)CC1. The number of nitrogens with zero attached hydrogens (tertiary/aromatic N) is 5. The van der Waals surface area contributed by atoms with Gasteiger partial charge in [-0.3, -0.25) is 4.79 Å².